The third-order valence-electron chi connectivity index (χ3n) is 5.29. The van der Waals surface area contributed by atoms with Crippen molar-refractivity contribution >= 4 is 11.9 Å². The Morgan fingerprint density at radius 1 is 1.30 bits per heavy atom. The van der Waals surface area contributed by atoms with Gasteiger partial charge in [0, 0.05) is 32.6 Å². The lowest BCUT2D eigenvalue weighted by Crippen LogP contribution is -2.49. The van der Waals surface area contributed by atoms with Crippen LogP contribution >= 0.6 is 0 Å². The molecule has 1 saturated heterocycles. The van der Waals surface area contributed by atoms with Crippen molar-refractivity contribution in [1.82, 2.24) is 15.1 Å². The predicted molar refractivity (Wildman–Crippen MR) is 90.1 cm³/mol. The zero-order chi connectivity index (χ0) is 16.2. The van der Waals surface area contributed by atoms with E-state index >= 15 is 0 Å². The second kappa shape index (κ2) is 7.37. The molecule has 1 unspecified atom stereocenters. The van der Waals surface area contributed by atoms with E-state index in [-0.39, 0.29) is 18.0 Å². The number of carbonyl (C=O) groups excluding carboxylic acids is 2. The van der Waals surface area contributed by atoms with Crippen molar-refractivity contribution in [2.45, 2.75) is 70.4 Å². The zero-order valence-corrected chi connectivity index (χ0v) is 14.2. The summed E-state index contributed by atoms with van der Waals surface area (Å²) in [6.07, 6.45) is 11.2. The lowest BCUT2D eigenvalue weighted by atomic mass is 10.2. The normalized spacial score (nSPS) is 23.8. The summed E-state index contributed by atoms with van der Waals surface area (Å²) in [7, 11) is 0. The summed E-state index contributed by atoms with van der Waals surface area (Å²) in [5.74, 6) is 0.146. The summed E-state index contributed by atoms with van der Waals surface area (Å²) in [5.41, 5.74) is 1.49. The number of nitrogens with one attached hydrogen (secondary N) is 1. The zero-order valence-electron chi connectivity index (χ0n) is 14.2. The topological polar surface area (TPSA) is 52.7 Å². The molecule has 0 spiro atoms. The Morgan fingerprint density at radius 2 is 2.13 bits per heavy atom. The average molecular weight is 319 g/mol. The second-order valence-corrected chi connectivity index (χ2v) is 7.13. The molecular weight excluding hydrogens is 290 g/mol. The van der Waals surface area contributed by atoms with Crippen molar-refractivity contribution in [1.29, 1.82) is 0 Å². The molecule has 3 aliphatic rings. The average Bonchev–Trinajstić information content (AvgIpc) is 3.03. The number of hydrogen-bond acceptors (Lipinski definition) is 2. The molecule has 0 aromatic heterocycles. The molecule has 1 saturated carbocycles. The van der Waals surface area contributed by atoms with E-state index in [1.165, 1.54) is 24.8 Å². The van der Waals surface area contributed by atoms with Crippen LogP contribution in [0.5, 0.6) is 0 Å². The predicted octanol–water partition coefficient (Wildman–Crippen LogP) is 2.67. The van der Waals surface area contributed by atoms with Gasteiger partial charge in [-0.3, -0.25) is 4.79 Å². The first kappa shape index (κ1) is 16.3. The van der Waals surface area contributed by atoms with E-state index in [4.69, 9.17) is 0 Å². The highest BCUT2D eigenvalue weighted by Gasteiger charge is 2.36. The summed E-state index contributed by atoms with van der Waals surface area (Å²) >= 11 is 0. The Balaban J connectivity index is 1.47. The van der Waals surface area contributed by atoms with Crippen molar-refractivity contribution in [2.75, 3.05) is 19.6 Å². The minimum absolute atomic E-state index is 0.0467. The Labute approximate surface area is 139 Å². The van der Waals surface area contributed by atoms with Crippen molar-refractivity contribution in [3.63, 3.8) is 0 Å². The Bertz CT molecular complexity index is 485. The van der Waals surface area contributed by atoms with E-state index in [9.17, 15) is 9.59 Å². The highest BCUT2D eigenvalue weighted by molar-refractivity contribution is 5.76. The third-order valence-corrected chi connectivity index (χ3v) is 5.29. The van der Waals surface area contributed by atoms with Gasteiger partial charge in [-0.2, -0.15) is 0 Å². The number of allylic oxidation sites excluding steroid dienone is 1. The van der Waals surface area contributed by atoms with Gasteiger partial charge in [0.1, 0.15) is 0 Å². The van der Waals surface area contributed by atoms with Gasteiger partial charge in [-0.15, -0.1) is 0 Å². The Morgan fingerprint density at radius 3 is 2.78 bits per heavy atom. The monoisotopic (exact) mass is 319 g/mol. The fraction of sp³-hybridized carbons (Fsp3) is 0.778. The first-order valence-electron chi connectivity index (χ1n) is 9.14. The maximum atomic E-state index is 12.5. The van der Waals surface area contributed by atoms with Crippen LogP contribution in [0.1, 0.15) is 58.3 Å². The van der Waals surface area contributed by atoms with Gasteiger partial charge < -0.3 is 15.1 Å². The second-order valence-electron chi connectivity index (χ2n) is 7.13. The SMILES string of the molecule is CC(=O)N(CC1CCCN1C(=O)NCCC1=CCCC1)C1CC1. The number of amides is 3. The molecule has 3 amide bonds. The van der Waals surface area contributed by atoms with Crippen LogP contribution < -0.4 is 5.32 Å². The van der Waals surface area contributed by atoms with E-state index < -0.39 is 0 Å². The number of urea groups is 1. The molecule has 0 radical (unpaired) electrons. The van der Waals surface area contributed by atoms with Crippen LogP contribution in [0, 0.1) is 0 Å². The number of nitrogens with zero attached hydrogens (tertiary/aromatic N) is 2. The van der Waals surface area contributed by atoms with Gasteiger partial charge in [-0.05, 0) is 51.4 Å². The van der Waals surface area contributed by atoms with E-state index in [1.54, 1.807) is 6.92 Å². The molecule has 1 N–H and O–H groups in total. The summed E-state index contributed by atoms with van der Waals surface area (Å²) in [4.78, 5) is 28.2. The van der Waals surface area contributed by atoms with Gasteiger partial charge in [0.05, 0.1) is 6.04 Å². The van der Waals surface area contributed by atoms with E-state index in [0.29, 0.717) is 12.6 Å². The molecule has 0 aromatic carbocycles. The van der Waals surface area contributed by atoms with Gasteiger partial charge in [-0.25, -0.2) is 4.79 Å². The third kappa shape index (κ3) is 4.27. The van der Waals surface area contributed by atoms with Crippen LogP contribution in [0.3, 0.4) is 0 Å². The summed E-state index contributed by atoms with van der Waals surface area (Å²) in [5, 5.41) is 3.07. The molecule has 2 aliphatic carbocycles. The van der Waals surface area contributed by atoms with Crippen molar-refractivity contribution in [3.8, 4) is 0 Å². The summed E-state index contributed by atoms with van der Waals surface area (Å²) in [6.45, 7) is 3.90. The molecule has 0 bridgehead atoms. The first-order valence-corrected chi connectivity index (χ1v) is 9.14. The van der Waals surface area contributed by atoms with E-state index in [0.717, 1.165) is 45.2 Å². The standard InChI is InChI=1S/C18H29N3O2/c1-14(22)21(16-8-9-16)13-17-7-4-12-20(17)18(23)19-11-10-15-5-2-3-6-15/h5,16-17H,2-4,6-13H2,1H3,(H,19,23). The fourth-order valence-corrected chi connectivity index (χ4v) is 3.84. The Hall–Kier alpha value is -1.52. The van der Waals surface area contributed by atoms with Crippen LogP contribution in [-0.4, -0.2) is 53.5 Å². The number of carbonyl (C=O) groups is 2. The molecule has 1 aliphatic heterocycles. The van der Waals surface area contributed by atoms with Crippen LogP contribution in [0.25, 0.3) is 0 Å². The molecule has 23 heavy (non-hydrogen) atoms. The van der Waals surface area contributed by atoms with Gasteiger partial charge in [0.25, 0.3) is 0 Å². The molecule has 2 fully saturated rings. The smallest absolute Gasteiger partial charge is 0.317 e. The van der Waals surface area contributed by atoms with E-state index in [2.05, 4.69) is 11.4 Å². The molecule has 3 rings (SSSR count). The Kier molecular flexibility index (Phi) is 5.23. The summed E-state index contributed by atoms with van der Waals surface area (Å²) in [6, 6.07) is 0.655. The molecule has 1 heterocycles. The maximum absolute atomic E-state index is 12.5. The van der Waals surface area contributed by atoms with Gasteiger partial charge in [0.15, 0.2) is 0 Å². The lowest BCUT2D eigenvalue weighted by Gasteiger charge is -2.30. The molecule has 128 valence electrons. The van der Waals surface area contributed by atoms with Crippen molar-refractivity contribution in [2.24, 2.45) is 0 Å². The highest BCUT2D eigenvalue weighted by Crippen LogP contribution is 2.29. The van der Waals surface area contributed by atoms with Crippen LogP contribution in [0.2, 0.25) is 0 Å². The fourth-order valence-electron chi connectivity index (χ4n) is 3.84. The molecular formula is C18H29N3O2. The molecule has 5 heteroatoms. The van der Waals surface area contributed by atoms with Crippen LogP contribution in [0.4, 0.5) is 4.79 Å². The molecule has 0 aromatic rings. The van der Waals surface area contributed by atoms with Gasteiger partial charge >= 0.3 is 6.03 Å². The minimum atomic E-state index is 0.0467. The van der Waals surface area contributed by atoms with Crippen molar-refractivity contribution in [3.05, 3.63) is 11.6 Å². The number of likely N-dealkylation sites (tertiary alicyclic amines) is 1. The largest absolute Gasteiger partial charge is 0.338 e. The molecule has 5 nitrogen and oxygen atoms in total. The first-order chi connectivity index (χ1) is 11.1. The minimum Gasteiger partial charge on any atom is -0.338 e. The quantitative estimate of drug-likeness (QED) is 0.765. The van der Waals surface area contributed by atoms with Crippen molar-refractivity contribution < 1.29 is 9.59 Å². The lowest BCUT2D eigenvalue weighted by molar-refractivity contribution is -0.130. The highest BCUT2D eigenvalue weighted by atomic mass is 16.2. The number of rotatable bonds is 6. The van der Waals surface area contributed by atoms with Gasteiger partial charge in [0.2, 0.25) is 5.91 Å². The van der Waals surface area contributed by atoms with Crippen LogP contribution in [-0.2, 0) is 4.79 Å². The number of hydrogen-bond donors (Lipinski definition) is 1. The maximum Gasteiger partial charge on any atom is 0.317 e. The van der Waals surface area contributed by atoms with E-state index in [1.807, 2.05) is 9.80 Å². The van der Waals surface area contributed by atoms with Crippen LogP contribution in [0.15, 0.2) is 11.6 Å². The van der Waals surface area contributed by atoms with Gasteiger partial charge in [-0.1, -0.05) is 11.6 Å². The summed E-state index contributed by atoms with van der Waals surface area (Å²) < 4.78 is 0. The molecule has 1 atom stereocenters.